The number of aromatic nitrogens is 6. The molecule has 0 aliphatic heterocycles. The second-order valence-corrected chi connectivity index (χ2v) is 5.16. The van der Waals surface area contributed by atoms with Crippen LogP contribution in [-0.4, -0.2) is 42.3 Å². The minimum Gasteiger partial charge on any atom is -0.468 e. The zero-order valence-corrected chi connectivity index (χ0v) is 12.9. The molecular formula is C15H9F3N6O2. The molecule has 0 N–H and O–H groups in total. The van der Waals surface area contributed by atoms with Gasteiger partial charge < -0.3 is 9.26 Å². The van der Waals surface area contributed by atoms with E-state index in [9.17, 15) is 13.2 Å². The first kappa shape index (κ1) is 16.0. The Morgan fingerprint density at radius 3 is 2.88 bits per heavy atom. The zero-order chi connectivity index (χ0) is 18.1. The fourth-order valence-electron chi connectivity index (χ4n) is 2.23. The summed E-state index contributed by atoms with van der Waals surface area (Å²) in [6, 6.07) is 2.82. The van der Waals surface area contributed by atoms with Crippen LogP contribution >= 0.6 is 0 Å². The Kier molecular flexibility index (Phi) is 3.75. The zero-order valence-electron chi connectivity index (χ0n) is 12.9. The summed E-state index contributed by atoms with van der Waals surface area (Å²) in [5, 5.41) is 3.89. The monoisotopic (exact) mass is 362 g/mol. The lowest BCUT2D eigenvalue weighted by Crippen LogP contribution is -2.19. The Morgan fingerprint density at radius 1 is 1.15 bits per heavy atom. The molecule has 0 fully saturated rings. The van der Waals surface area contributed by atoms with Crippen LogP contribution in [0.2, 0.25) is 0 Å². The Morgan fingerprint density at radius 2 is 2.04 bits per heavy atom. The first-order valence-electron chi connectivity index (χ1n) is 7.27. The van der Waals surface area contributed by atoms with Crippen LogP contribution in [0.15, 0.2) is 47.6 Å². The van der Waals surface area contributed by atoms with Gasteiger partial charge in [0.25, 0.3) is 5.89 Å². The lowest BCUT2D eigenvalue weighted by Gasteiger charge is -2.08. The number of rotatable bonds is 4. The second kappa shape index (κ2) is 6.10. The molecule has 4 aromatic heterocycles. The van der Waals surface area contributed by atoms with E-state index >= 15 is 0 Å². The van der Waals surface area contributed by atoms with Crippen LogP contribution in [-0.2, 0) is 0 Å². The van der Waals surface area contributed by atoms with E-state index < -0.39 is 12.8 Å². The summed E-state index contributed by atoms with van der Waals surface area (Å²) in [5.41, 5.74) is 1.58. The van der Waals surface area contributed by atoms with E-state index in [0.29, 0.717) is 16.9 Å². The predicted molar refractivity (Wildman–Crippen MR) is 81.1 cm³/mol. The maximum absolute atomic E-state index is 12.2. The van der Waals surface area contributed by atoms with E-state index in [2.05, 4.69) is 29.8 Å². The molecule has 0 saturated heterocycles. The molecule has 0 aliphatic rings. The summed E-state index contributed by atoms with van der Waals surface area (Å²) in [6.07, 6.45) is 3.28. The van der Waals surface area contributed by atoms with Crippen molar-refractivity contribution >= 4 is 5.65 Å². The van der Waals surface area contributed by atoms with Gasteiger partial charge in [-0.25, -0.2) is 9.97 Å². The summed E-state index contributed by atoms with van der Waals surface area (Å²) in [5.74, 6) is 0.192. The number of hydrogen-bond donors (Lipinski definition) is 0. The third-order valence-electron chi connectivity index (χ3n) is 3.34. The molecule has 0 spiro atoms. The van der Waals surface area contributed by atoms with Crippen molar-refractivity contribution in [3.8, 4) is 28.9 Å². The van der Waals surface area contributed by atoms with Crippen molar-refractivity contribution in [1.29, 1.82) is 0 Å². The van der Waals surface area contributed by atoms with E-state index in [4.69, 9.17) is 4.52 Å². The highest BCUT2D eigenvalue weighted by atomic mass is 19.4. The van der Waals surface area contributed by atoms with Gasteiger partial charge in [0.15, 0.2) is 12.3 Å². The van der Waals surface area contributed by atoms with E-state index in [1.807, 2.05) is 0 Å². The molecule has 0 aliphatic carbocycles. The van der Waals surface area contributed by atoms with Gasteiger partial charge in [-0.3, -0.25) is 9.38 Å². The van der Waals surface area contributed by atoms with Crippen LogP contribution in [0.25, 0.3) is 28.6 Å². The van der Waals surface area contributed by atoms with Crippen molar-refractivity contribution in [2.75, 3.05) is 6.61 Å². The molecular weight excluding hydrogens is 353 g/mol. The summed E-state index contributed by atoms with van der Waals surface area (Å²) < 4.78 is 48.3. The smallest absolute Gasteiger partial charge is 0.422 e. The van der Waals surface area contributed by atoms with Crippen LogP contribution in [0, 0.1) is 0 Å². The average molecular weight is 362 g/mol. The molecule has 0 bridgehead atoms. The quantitative estimate of drug-likeness (QED) is 0.551. The van der Waals surface area contributed by atoms with E-state index in [1.165, 1.54) is 18.3 Å². The van der Waals surface area contributed by atoms with Gasteiger partial charge >= 0.3 is 6.18 Å². The highest BCUT2D eigenvalue weighted by molar-refractivity contribution is 5.60. The molecule has 11 heteroatoms. The molecule has 8 nitrogen and oxygen atoms in total. The topological polar surface area (TPSA) is 91.2 Å². The molecule has 4 heterocycles. The van der Waals surface area contributed by atoms with E-state index in [1.54, 1.807) is 29.2 Å². The van der Waals surface area contributed by atoms with Gasteiger partial charge in [-0.05, 0) is 6.07 Å². The predicted octanol–water partition coefficient (Wildman–Crippen LogP) is 2.78. The minimum absolute atomic E-state index is 0.114. The second-order valence-electron chi connectivity index (χ2n) is 5.16. The molecule has 0 radical (unpaired) electrons. The number of halogens is 3. The molecule has 4 aromatic rings. The molecule has 0 amide bonds. The normalized spacial score (nSPS) is 11.8. The van der Waals surface area contributed by atoms with Crippen molar-refractivity contribution in [3.05, 3.63) is 43.1 Å². The molecule has 4 rings (SSSR count). The average Bonchev–Trinajstić information content (AvgIpc) is 3.26. The summed E-state index contributed by atoms with van der Waals surface area (Å²) in [7, 11) is 0. The van der Waals surface area contributed by atoms with Crippen molar-refractivity contribution < 1.29 is 22.4 Å². The molecule has 0 aromatic carbocycles. The Hall–Kier alpha value is -3.50. The van der Waals surface area contributed by atoms with Gasteiger partial charge in [0.1, 0.15) is 5.69 Å². The van der Waals surface area contributed by atoms with Gasteiger partial charge in [-0.1, -0.05) is 5.16 Å². The number of fused-ring (bicyclic) bond motifs is 1. The highest BCUT2D eigenvalue weighted by Gasteiger charge is 2.28. The largest absolute Gasteiger partial charge is 0.468 e. The van der Waals surface area contributed by atoms with Crippen LogP contribution in [0.4, 0.5) is 13.2 Å². The number of alkyl halides is 3. The Balaban J connectivity index is 1.62. The van der Waals surface area contributed by atoms with E-state index in [0.717, 1.165) is 0 Å². The number of pyridine rings is 1. The number of ether oxygens (including phenoxy) is 1. The third kappa shape index (κ3) is 3.18. The molecule has 0 saturated carbocycles. The first-order valence-corrected chi connectivity index (χ1v) is 7.27. The fraction of sp³-hybridized carbons (Fsp3) is 0.133. The van der Waals surface area contributed by atoms with Crippen LogP contribution in [0.3, 0.4) is 0 Å². The third-order valence-corrected chi connectivity index (χ3v) is 3.34. The number of hydrogen-bond acceptors (Lipinski definition) is 7. The van der Waals surface area contributed by atoms with Crippen molar-refractivity contribution in [2.24, 2.45) is 0 Å². The molecule has 132 valence electrons. The van der Waals surface area contributed by atoms with Gasteiger partial charge in [0.05, 0.1) is 12.4 Å². The standard InChI is InChI=1S/C15H9F3N6O2/c16-15(17,18)8-25-12-5-9(1-2-20-12)14-22-13(23-26-14)10-6-21-11-7-19-3-4-24(10)11/h1-7H,8H2. The van der Waals surface area contributed by atoms with Crippen molar-refractivity contribution in [1.82, 2.24) is 29.5 Å². The maximum Gasteiger partial charge on any atom is 0.422 e. The summed E-state index contributed by atoms with van der Waals surface area (Å²) >= 11 is 0. The molecule has 26 heavy (non-hydrogen) atoms. The maximum atomic E-state index is 12.2. The molecule has 0 unspecified atom stereocenters. The minimum atomic E-state index is -4.45. The van der Waals surface area contributed by atoms with Crippen LogP contribution in [0.5, 0.6) is 5.88 Å². The van der Waals surface area contributed by atoms with Gasteiger partial charge in [0, 0.05) is 30.2 Å². The Labute approximate surface area is 143 Å². The van der Waals surface area contributed by atoms with Gasteiger partial charge in [-0.15, -0.1) is 0 Å². The highest BCUT2D eigenvalue weighted by Crippen LogP contribution is 2.25. The van der Waals surface area contributed by atoms with E-state index in [-0.39, 0.29) is 17.6 Å². The molecule has 0 atom stereocenters. The van der Waals surface area contributed by atoms with Crippen molar-refractivity contribution in [3.63, 3.8) is 0 Å². The van der Waals surface area contributed by atoms with Crippen LogP contribution in [0.1, 0.15) is 0 Å². The fourth-order valence-corrected chi connectivity index (χ4v) is 2.23. The van der Waals surface area contributed by atoms with Gasteiger partial charge in [0.2, 0.25) is 11.7 Å². The summed E-state index contributed by atoms with van der Waals surface area (Å²) in [6.45, 7) is -1.44. The van der Waals surface area contributed by atoms with Crippen molar-refractivity contribution in [2.45, 2.75) is 6.18 Å². The SMILES string of the molecule is FC(F)(F)COc1cc(-c2nc(-c3cnc4cnccn34)no2)ccn1. The first-order chi connectivity index (χ1) is 12.5. The number of imidazole rings is 1. The number of nitrogens with zero attached hydrogens (tertiary/aromatic N) is 6. The van der Waals surface area contributed by atoms with Gasteiger partial charge in [-0.2, -0.15) is 18.2 Å². The lowest BCUT2D eigenvalue weighted by atomic mass is 10.2. The lowest BCUT2D eigenvalue weighted by molar-refractivity contribution is -0.154. The Bertz CT molecular complexity index is 1060. The summed E-state index contributed by atoms with van der Waals surface area (Å²) in [4.78, 5) is 16.1. The van der Waals surface area contributed by atoms with Crippen LogP contribution < -0.4 is 4.74 Å².